The topological polar surface area (TPSA) is 44.8 Å². The summed E-state index contributed by atoms with van der Waals surface area (Å²) in [4.78, 5) is 16.5. The Bertz CT molecular complexity index is 884. The molecule has 162 valence electrons. The van der Waals surface area contributed by atoms with Gasteiger partial charge in [-0.25, -0.2) is 0 Å². The van der Waals surface area contributed by atoms with Gasteiger partial charge in [-0.15, -0.1) is 0 Å². The molecule has 5 nitrogen and oxygen atoms in total. The third-order valence-corrected chi connectivity index (χ3v) is 5.27. The van der Waals surface area contributed by atoms with E-state index in [0.717, 1.165) is 6.07 Å². The average Bonchev–Trinajstić information content (AvgIpc) is 2.73. The fraction of sp³-hybridized carbons (Fsp3) is 0.381. The number of ether oxygens (including phenoxy) is 1. The zero-order valence-corrected chi connectivity index (χ0v) is 17.3. The Morgan fingerprint density at radius 3 is 2.53 bits per heavy atom. The Morgan fingerprint density at radius 2 is 1.87 bits per heavy atom. The Kier molecular flexibility index (Phi) is 7.10. The molecular formula is C21H23ClF3N3O2. The molecule has 0 unspecified atom stereocenters. The van der Waals surface area contributed by atoms with Gasteiger partial charge in [-0.3, -0.25) is 9.69 Å². The van der Waals surface area contributed by atoms with Gasteiger partial charge in [-0.1, -0.05) is 17.7 Å². The second-order valence-electron chi connectivity index (χ2n) is 6.98. The van der Waals surface area contributed by atoms with E-state index in [-0.39, 0.29) is 5.91 Å². The van der Waals surface area contributed by atoms with Gasteiger partial charge >= 0.3 is 6.18 Å². The molecule has 1 amide bonds. The maximum atomic E-state index is 12.9. The number of rotatable bonds is 6. The number of alkyl halides is 3. The normalized spacial score (nSPS) is 15.2. The van der Waals surface area contributed by atoms with E-state index in [2.05, 4.69) is 10.2 Å². The van der Waals surface area contributed by atoms with Crippen LogP contribution in [-0.2, 0) is 6.18 Å². The summed E-state index contributed by atoms with van der Waals surface area (Å²) in [5, 5.41) is 3.31. The summed E-state index contributed by atoms with van der Waals surface area (Å²) in [6, 6.07) is 10.3. The number of piperazine rings is 1. The molecule has 0 atom stereocenters. The number of carbonyl (C=O) groups excluding carboxylic acids is 1. The molecule has 0 aliphatic carbocycles. The molecule has 1 saturated heterocycles. The minimum absolute atomic E-state index is 0.267. The van der Waals surface area contributed by atoms with Crippen LogP contribution < -0.4 is 15.0 Å². The lowest BCUT2D eigenvalue weighted by Gasteiger charge is -2.36. The molecule has 0 radical (unpaired) electrons. The number of nitrogens with one attached hydrogen (secondary N) is 1. The second kappa shape index (κ2) is 9.57. The van der Waals surface area contributed by atoms with Gasteiger partial charge in [0.1, 0.15) is 5.75 Å². The van der Waals surface area contributed by atoms with Crippen molar-refractivity contribution in [2.45, 2.75) is 6.18 Å². The third kappa shape index (κ3) is 5.58. The van der Waals surface area contributed by atoms with Gasteiger partial charge in [0.15, 0.2) is 0 Å². The van der Waals surface area contributed by atoms with Crippen molar-refractivity contribution in [2.24, 2.45) is 0 Å². The highest BCUT2D eigenvalue weighted by molar-refractivity contribution is 6.31. The molecule has 9 heteroatoms. The molecule has 1 aliphatic heterocycles. The van der Waals surface area contributed by atoms with Gasteiger partial charge < -0.3 is 15.0 Å². The number of halogens is 4. The maximum absolute atomic E-state index is 12.9. The monoisotopic (exact) mass is 441 g/mol. The molecule has 1 N–H and O–H groups in total. The first-order chi connectivity index (χ1) is 14.3. The first-order valence-corrected chi connectivity index (χ1v) is 9.92. The van der Waals surface area contributed by atoms with Crippen LogP contribution in [-0.4, -0.2) is 57.2 Å². The summed E-state index contributed by atoms with van der Waals surface area (Å²) in [5.41, 5.74) is 0.312. The number of amides is 1. The molecule has 0 bridgehead atoms. The lowest BCUT2D eigenvalue weighted by atomic mass is 10.1. The van der Waals surface area contributed by atoms with Gasteiger partial charge in [0.25, 0.3) is 5.91 Å². The summed E-state index contributed by atoms with van der Waals surface area (Å²) in [6.45, 7) is 3.73. The average molecular weight is 442 g/mol. The number of hydrogen-bond donors (Lipinski definition) is 1. The minimum atomic E-state index is -4.35. The lowest BCUT2D eigenvalue weighted by Crippen LogP contribution is -2.48. The van der Waals surface area contributed by atoms with Crippen LogP contribution in [0, 0.1) is 0 Å². The van der Waals surface area contributed by atoms with Crippen molar-refractivity contribution in [3.05, 3.63) is 58.6 Å². The number of nitrogens with zero attached hydrogens (tertiary/aromatic N) is 2. The molecular weight excluding hydrogens is 419 g/mol. The maximum Gasteiger partial charge on any atom is 0.416 e. The predicted molar refractivity (Wildman–Crippen MR) is 110 cm³/mol. The quantitative estimate of drug-likeness (QED) is 0.738. The van der Waals surface area contributed by atoms with Crippen molar-refractivity contribution < 1.29 is 22.7 Å². The van der Waals surface area contributed by atoms with Crippen LogP contribution in [0.15, 0.2) is 42.5 Å². The Balaban J connectivity index is 1.48. The van der Waals surface area contributed by atoms with Crippen molar-refractivity contribution in [1.82, 2.24) is 10.2 Å². The van der Waals surface area contributed by atoms with Crippen LogP contribution in [0.4, 0.5) is 18.9 Å². The highest BCUT2D eigenvalue weighted by atomic mass is 35.5. The van der Waals surface area contributed by atoms with Gasteiger partial charge in [0.2, 0.25) is 0 Å². The number of methoxy groups -OCH3 is 1. The Hall–Kier alpha value is -2.45. The Morgan fingerprint density at radius 1 is 1.13 bits per heavy atom. The molecule has 3 rings (SSSR count). The SMILES string of the molecule is COc1ccc(Cl)cc1C(=O)NCCN1CCN(c2cccc(C(F)(F)F)c2)CC1. The molecule has 0 aromatic heterocycles. The number of carbonyl (C=O) groups is 1. The zero-order chi connectivity index (χ0) is 21.7. The van der Waals surface area contributed by atoms with Crippen LogP contribution in [0.5, 0.6) is 5.75 Å². The summed E-state index contributed by atoms with van der Waals surface area (Å²) >= 11 is 5.96. The number of anilines is 1. The van der Waals surface area contributed by atoms with E-state index in [1.54, 1.807) is 24.3 Å². The largest absolute Gasteiger partial charge is 0.496 e. The molecule has 2 aromatic carbocycles. The molecule has 0 saturated carbocycles. The molecule has 1 heterocycles. The molecule has 2 aromatic rings. The van der Waals surface area contributed by atoms with Crippen LogP contribution in [0.25, 0.3) is 0 Å². The third-order valence-electron chi connectivity index (χ3n) is 5.03. The standard InChI is InChI=1S/C21H23ClF3N3O2/c1-30-19-6-5-16(22)14-18(19)20(29)26-7-8-27-9-11-28(12-10-27)17-4-2-3-15(13-17)21(23,24)25/h2-6,13-14H,7-12H2,1H3,(H,26,29). The van der Waals surface area contributed by atoms with E-state index in [1.165, 1.54) is 19.2 Å². The summed E-state index contributed by atoms with van der Waals surface area (Å²) in [6.07, 6.45) is -4.35. The minimum Gasteiger partial charge on any atom is -0.496 e. The number of hydrogen-bond acceptors (Lipinski definition) is 4. The first kappa shape index (κ1) is 22.2. The van der Waals surface area contributed by atoms with E-state index in [1.807, 2.05) is 4.90 Å². The van der Waals surface area contributed by atoms with Crippen molar-refractivity contribution in [3.63, 3.8) is 0 Å². The van der Waals surface area contributed by atoms with Gasteiger partial charge in [0.05, 0.1) is 18.2 Å². The van der Waals surface area contributed by atoms with Crippen molar-refractivity contribution >= 4 is 23.2 Å². The summed E-state index contributed by atoms with van der Waals surface area (Å²) in [5.74, 6) is 0.184. The van der Waals surface area contributed by atoms with Crippen LogP contribution in [0.3, 0.4) is 0 Å². The molecule has 0 spiro atoms. The number of benzene rings is 2. The van der Waals surface area contributed by atoms with Gasteiger partial charge in [0, 0.05) is 50.0 Å². The first-order valence-electron chi connectivity index (χ1n) is 9.54. The van der Waals surface area contributed by atoms with Crippen molar-refractivity contribution in [2.75, 3.05) is 51.3 Å². The van der Waals surface area contributed by atoms with Crippen LogP contribution >= 0.6 is 11.6 Å². The fourth-order valence-corrected chi connectivity index (χ4v) is 3.56. The van der Waals surface area contributed by atoms with E-state index < -0.39 is 11.7 Å². The van der Waals surface area contributed by atoms with Crippen LogP contribution in [0.1, 0.15) is 15.9 Å². The van der Waals surface area contributed by atoms with Crippen molar-refractivity contribution in [1.29, 1.82) is 0 Å². The van der Waals surface area contributed by atoms with E-state index >= 15 is 0 Å². The summed E-state index contributed by atoms with van der Waals surface area (Å²) in [7, 11) is 1.49. The molecule has 1 fully saturated rings. The Labute approximate surface area is 178 Å². The highest BCUT2D eigenvalue weighted by Crippen LogP contribution is 2.31. The van der Waals surface area contributed by atoms with E-state index in [0.29, 0.717) is 61.3 Å². The molecule has 1 aliphatic rings. The smallest absolute Gasteiger partial charge is 0.416 e. The lowest BCUT2D eigenvalue weighted by molar-refractivity contribution is -0.137. The predicted octanol–water partition coefficient (Wildman–Crippen LogP) is 3.92. The summed E-state index contributed by atoms with van der Waals surface area (Å²) < 4.78 is 43.9. The van der Waals surface area contributed by atoms with E-state index in [4.69, 9.17) is 16.3 Å². The molecule has 30 heavy (non-hydrogen) atoms. The fourth-order valence-electron chi connectivity index (χ4n) is 3.39. The zero-order valence-electron chi connectivity index (χ0n) is 16.5. The van der Waals surface area contributed by atoms with Gasteiger partial charge in [-0.2, -0.15) is 13.2 Å². The van der Waals surface area contributed by atoms with E-state index in [9.17, 15) is 18.0 Å². The highest BCUT2D eigenvalue weighted by Gasteiger charge is 2.31. The van der Waals surface area contributed by atoms with Gasteiger partial charge in [-0.05, 0) is 36.4 Å². The van der Waals surface area contributed by atoms with Crippen molar-refractivity contribution in [3.8, 4) is 5.75 Å². The second-order valence-corrected chi connectivity index (χ2v) is 7.41. The van der Waals surface area contributed by atoms with Crippen LogP contribution in [0.2, 0.25) is 5.02 Å².